The number of allylic oxidation sites excluding steroid dienone is 2. The molecule has 1 atom stereocenters. The number of Topliss-reactive ketones (excluding diaryl/α,β-unsaturated/α-hetero) is 1. The molecule has 1 fully saturated rings. The fourth-order valence-electron chi connectivity index (χ4n) is 2.06. The molecular weight excluding hydrogens is 204 g/mol. The molecule has 0 aromatic rings. The van der Waals surface area contributed by atoms with Crippen molar-refractivity contribution in [2.24, 2.45) is 5.92 Å². The first kappa shape index (κ1) is 12.9. The molecule has 0 aromatic carbocycles. The molecule has 0 saturated heterocycles. The van der Waals surface area contributed by atoms with Crippen LogP contribution in [0.1, 0.15) is 46.0 Å². The lowest BCUT2D eigenvalue weighted by molar-refractivity contribution is -0.148. The standard InChI is InChI=1S/C13H20O3/c1-3-10-9-11(13(15)16-4-2)7-5-6-8-12(10)14/h3,11H,4-9H2,1-2H3/b10-3+. The number of carbonyl (C=O) groups excluding carboxylic acids is 2. The van der Waals surface area contributed by atoms with E-state index in [0.29, 0.717) is 19.4 Å². The van der Waals surface area contributed by atoms with Crippen LogP contribution in [0.5, 0.6) is 0 Å². The van der Waals surface area contributed by atoms with Gasteiger partial charge in [-0.3, -0.25) is 9.59 Å². The quantitative estimate of drug-likeness (QED) is 0.535. The lowest BCUT2D eigenvalue weighted by Gasteiger charge is -2.19. The van der Waals surface area contributed by atoms with Crippen LogP contribution in [0.2, 0.25) is 0 Å². The van der Waals surface area contributed by atoms with Crippen LogP contribution in [0.25, 0.3) is 0 Å². The van der Waals surface area contributed by atoms with E-state index in [0.717, 1.165) is 24.8 Å². The zero-order chi connectivity index (χ0) is 12.0. The van der Waals surface area contributed by atoms with Gasteiger partial charge in [0.15, 0.2) is 5.78 Å². The van der Waals surface area contributed by atoms with Crippen molar-refractivity contribution in [2.45, 2.75) is 46.0 Å². The van der Waals surface area contributed by atoms with Gasteiger partial charge in [0.25, 0.3) is 0 Å². The fraction of sp³-hybridized carbons (Fsp3) is 0.692. The highest BCUT2D eigenvalue weighted by Gasteiger charge is 2.25. The van der Waals surface area contributed by atoms with E-state index in [2.05, 4.69) is 0 Å². The Bertz CT molecular complexity index is 292. The molecule has 0 aliphatic heterocycles. The normalized spacial score (nSPS) is 25.0. The highest BCUT2D eigenvalue weighted by atomic mass is 16.5. The van der Waals surface area contributed by atoms with Gasteiger partial charge in [0.2, 0.25) is 0 Å². The van der Waals surface area contributed by atoms with Gasteiger partial charge in [-0.1, -0.05) is 12.5 Å². The molecule has 0 bridgehead atoms. The molecule has 0 amide bonds. The van der Waals surface area contributed by atoms with Crippen molar-refractivity contribution < 1.29 is 14.3 Å². The predicted molar refractivity (Wildman–Crippen MR) is 62.0 cm³/mol. The smallest absolute Gasteiger partial charge is 0.309 e. The number of hydrogen-bond acceptors (Lipinski definition) is 3. The predicted octanol–water partition coefficient (Wildman–Crippen LogP) is 2.65. The molecule has 90 valence electrons. The van der Waals surface area contributed by atoms with E-state index >= 15 is 0 Å². The molecule has 0 heterocycles. The van der Waals surface area contributed by atoms with Gasteiger partial charge in [-0.05, 0) is 38.7 Å². The van der Waals surface area contributed by atoms with E-state index in [9.17, 15) is 9.59 Å². The maximum absolute atomic E-state index is 11.7. The average molecular weight is 224 g/mol. The number of ketones is 1. The molecular formula is C13H20O3. The summed E-state index contributed by atoms with van der Waals surface area (Å²) in [5.41, 5.74) is 0.790. The van der Waals surface area contributed by atoms with Gasteiger partial charge in [-0.15, -0.1) is 0 Å². The molecule has 1 rings (SSSR count). The fourth-order valence-corrected chi connectivity index (χ4v) is 2.06. The van der Waals surface area contributed by atoms with Crippen LogP contribution in [0, 0.1) is 5.92 Å². The maximum atomic E-state index is 11.7. The Balaban J connectivity index is 2.69. The van der Waals surface area contributed by atoms with Crippen molar-refractivity contribution in [2.75, 3.05) is 6.61 Å². The first-order valence-corrected chi connectivity index (χ1v) is 6.04. The van der Waals surface area contributed by atoms with E-state index < -0.39 is 0 Å². The summed E-state index contributed by atoms with van der Waals surface area (Å²) in [6.07, 6.45) is 5.66. The number of rotatable bonds is 2. The summed E-state index contributed by atoms with van der Waals surface area (Å²) >= 11 is 0. The second-order valence-electron chi connectivity index (χ2n) is 4.14. The van der Waals surface area contributed by atoms with Crippen LogP contribution in [-0.4, -0.2) is 18.4 Å². The molecule has 0 aromatic heterocycles. The van der Waals surface area contributed by atoms with Gasteiger partial charge in [-0.25, -0.2) is 0 Å². The van der Waals surface area contributed by atoms with Crippen molar-refractivity contribution in [3.8, 4) is 0 Å². The topological polar surface area (TPSA) is 43.4 Å². The number of hydrogen-bond donors (Lipinski definition) is 0. The summed E-state index contributed by atoms with van der Waals surface area (Å²) in [6, 6.07) is 0. The highest BCUT2D eigenvalue weighted by molar-refractivity contribution is 5.96. The Labute approximate surface area is 96.9 Å². The molecule has 1 saturated carbocycles. The van der Waals surface area contributed by atoms with Crippen molar-refractivity contribution >= 4 is 11.8 Å². The van der Waals surface area contributed by atoms with Crippen molar-refractivity contribution in [1.82, 2.24) is 0 Å². The second kappa shape index (κ2) is 6.46. The number of esters is 1. The highest BCUT2D eigenvalue weighted by Crippen LogP contribution is 2.25. The largest absolute Gasteiger partial charge is 0.466 e. The van der Waals surface area contributed by atoms with Gasteiger partial charge >= 0.3 is 5.97 Å². The zero-order valence-corrected chi connectivity index (χ0v) is 10.1. The Morgan fingerprint density at radius 1 is 1.50 bits per heavy atom. The van der Waals surface area contributed by atoms with Crippen LogP contribution in [0.4, 0.5) is 0 Å². The van der Waals surface area contributed by atoms with Crippen LogP contribution in [0.15, 0.2) is 11.6 Å². The minimum Gasteiger partial charge on any atom is -0.466 e. The van der Waals surface area contributed by atoms with Gasteiger partial charge in [0, 0.05) is 6.42 Å². The monoisotopic (exact) mass is 224 g/mol. The van der Waals surface area contributed by atoms with E-state index in [-0.39, 0.29) is 17.7 Å². The summed E-state index contributed by atoms with van der Waals surface area (Å²) < 4.78 is 5.03. The summed E-state index contributed by atoms with van der Waals surface area (Å²) in [4.78, 5) is 23.4. The average Bonchev–Trinajstić information content (AvgIpc) is 2.25. The molecule has 0 spiro atoms. The first-order valence-electron chi connectivity index (χ1n) is 6.04. The van der Waals surface area contributed by atoms with Gasteiger partial charge in [0.1, 0.15) is 0 Å². The molecule has 0 N–H and O–H groups in total. The summed E-state index contributed by atoms with van der Waals surface area (Å²) in [6.45, 7) is 4.08. The van der Waals surface area contributed by atoms with Crippen LogP contribution >= 0.6 is 0 Å². The third-order valence-electron chi connectivity index (χ3n) is 3.00. The molecule has 16 heavy (non-hydrogen) atoms. The maximum Gasteiger partial charge on any atom is 0.309 e. The third-order valence-corrected chi connectivity index (χ3v) is 3.00. The Kier molecular flexibility index (Phi) is 5.23. The first-order chi connectivity index (χ1) is 7.69. The summed E-state index contributed by atoms with van der Waals surface area (Å²) in [5, 5.41) is 0. The van der Waals surface area contributed by atoms with Crippen molar-refractivity contribution in [3.05, 3.63) is 11.6 Å². The summed E-state index contributed by atoms with van der Waals surface area (Å²) in [7, 11) is 0. The van der Waals surface area contributed by atoms with Gasteiger partial charge in [0.05, 0.1) is 12.5 Å². The minimum atomic E-state index is -0.156. The SMILES string of the molecule is C/C=C1\CC(C(=O)OCC)CCCCC1=O. The third kappa shape index (κ3) is 3.47. The molecule has 0 radical (unpaired) electrons. The molecule has 1 unspecified atom stereocenters. The van der Waals surface area contributed by atoms with Crippen molar-refractivity contribution in [3.63, 3.8) is 0 Å². The Hall–Kier alpha value is -1.12. The second-order valence-corrected chi connectivity index (χ2v) is 4.14. The lowest BCUT2D eigenvalue weighted by Crippen LogP contribution is -2.22. The lowest BCUT2D eigenvalue weighted by atomic mass is 9.87. The Morgan fingerprint density at radius 3 is 2.88 bits per heavy atom. The van der Waals surface area contributed by atoms with E-state index in [1.54, 1.807) is 0 Å². The van der Waals surface area contributed by atoms with E-state index in [4.69, 9.17) is 4.74 Å². The number of ether oxygens (including phenoxy) is 1. The van der Waals surface area contributed by atoms with Crippen LogP contribution in [-0.2, 0) is 14.3 Å². The van der Waals surface area contributed by atoms with Gasteiger partial charge < -0.3 is 4.74 Å². The van der Waals surface area contributed by atoms with Gasteiger partial charge in [-0.2, -0.15) is 0 Å². The molecule has 3 heteroatoms. The number of carbonyl (C=O) groups is 2. The minimum absolute atomic E-state index is 0.129. The molecule has 1 aliphatic carbocycles. The van der Waals surface area contributed by atoms with Crippen molar-refractivity contribution in [1.29, 1.82) is 0 Å². The molecule has 3 nitrogen and oxygen atoms in total. The van der Waals surface area contributed by atoms with Crippen LogP contribution in [0.3, 0.4) is 0 Å². The zero-order valence-electron chi connectivity index (χ0n) is 10.1. The Morgan fingerprint density at radius 2 is 2.25 bits per heavy atom. The van der Waals surface area contributed by atoms with E-state index in [1.807, 2.05) is 19.9 Å². The summed E-state index contributed by atoms with van der Waals surface area (Å²) in [5.74, 6) is -0.0940. The van der Waals surface area contributed by atoms with E-state index in [1.165, 1.54) is 0 Å². The molecule has 1 aliphatic rings. The van der Waals surface area contributed by atoms with Crippen LogP contribution < -0.4 is 0 Å².